The molecule has 0 spiro atoms. The Kier molecular flexibility index (Phi) is 4.18. The predicted molar refractivity (Wildman–Crippen MR) is 97.4 cm³/mol. The number of nitrogens with zero attached hydrogens (tertiary/aromatic N) is 4. The smallest absolute Gasteiger partial charge is 0.287 e. The number of aliphatic hydroxyl groups is 1. The Morgan fingerprint density at radius 2 is 2.04 bits per heavy atom. The first kappa shape index (κ1) is 16.3. The van der Waals surface area contributed by atoms with Gasteiger partial charge in [-0.25, -0.2) is 9.38 Å². The van der Waals surface area contributed by atoms with Gasteiger partial charge < -0.3 is 19.4 Å². The lowest BCUT2D eigenvalue weighted by Gasteiger charge is -2.02. The van der Waals surface area contributed by atoms with Crippen LogP contribution < -0.4 is 10.3 Å². The normalized spacial score (nSPS) is 11.5. The number of methoxy groups -OCH3 is 1. The van der Waals surface area contributed by atoms with Gasteiger partial charge in [-0.1, -0.05) is 0 Å². The number of hydrogen-bond donors (Lipinski definition) is 2. The van der Waals surface area contributed by atoms with Gasteiger partial charge in [0.25, 0.3) is 5.56 Å². The molecule has 0 saturated carbocycles. The highest BCUT2D eigenvalue weighted by Crippen LogP contribution is 2.21. The minimum absolute atomic E-state index is 0.148. The van der Waals surface area contributed by atoms with Gasteiger partial charge in [-0.3, -0.25) is 4.79 Å². The summed E-state index contributed by atoms with van der Waals surface area (Å²) < 4.78 is 8.50. The Balaban J connectivity index is 1.78. The van der Waals surface area contributed by atoms with Crippen LogP contribution in [0.2, 0.25) is 0 Å². The monoisotopic (exact) mass is 353 g/mol. The first-order valence-electron chi connectivity index (χ1n) is 8.43. The summed E-state index contributed by atoms with van der Waals surface area (Å²) in [6, 6.07) is 7.57. The van der Waals surface area contributed by atoms with Gasteiger partial charge in [0.2, 0.25) is 5.78 Å². The first-order valence-corrected chi connectivity index (χ1v) is 8.43. The van der Waals surface area contributed by atoms with E-state index in [1.54, 1.807) is 19.6 Å². The second kappa shape index (κ2) is 6.64. The van der Waals surface area contributed by atoms with Gasteiger partial charge in [-0.2, -0.15) is 4.98 Å². The van der Waals surface area contributed by atoms with Crippen molar-refractivity contribution in [2.24, 2.45) is 0 Å². The number of aromatic amines is 1. The number of ether oxygens (including phenoxy) is 1. The average molecular weight is 353 g/mol. The van der Waals surface area contributed by atoms with Crippen molar-refractivity contribution in [3.05, 3.63) is 47.1 Å². The Morgan fingerprint density at radius 1 is 1.23 bits per heavy atom. The van der Waals surface area contributed by atoms with E-state index in [0.29, 0.717) is 29.9 Å². The molecule has 134 valence electrons. The van der Waals surface area contributed by atoms with E-state index in [0.717, 1.165) is 23.4 Å². The van der Waals surface area contributed by atoms with Crippen LogP contribution >= 0.6 is 0 Å². The van der Waals surface area contributed by atoms with E-state index in [4.69, 9.17) is 9.84 Å². The van der Waals surface area contributed by atoms with E-state index in [1.807, 2.05) is 28.8 Å². The fourth-order valence-corrected chi connectivity index (χ4v) is 2.97. The topological polar surface area (TPSA) is 97.4 Å². The number of aryl methyl sites for hydroxylation is 1. The average Bonchev–Trinajstić information content (AvgIpc) is 3.27. The quantitative estimate of drug-likeness (QED) is 0.515. The molecule has 4 aromatic rings. The van der Waals surface area contributed by atoms with Crippen LogP contribution in [0.4, 0.5) is 0 Å². The number of hydrogen-bond acceptors (Lipinski definition) is 5. The minimum atomic E-state index is -0.207. The van der Waals surface area contributed by atoms with E-state index < -0.39 is 0 Å². The van der Waals surface area contributed by atoms with Crippen molar-refractivity contribution in [3.63, 3.8) is 0 Å². The van der Waals surface area contributed by atoms with Crippen LogP contribution in [-0.4, -0.2) is 42.7 Å². The van der Waals surface area contributed by atoms with Crippen molar-refractivity contribution in [2.45, 2.75) is 19.4 Å². The number of H-pyrrole nitrogens is 1. The van der Waals surface area contributed by atoms with Gasteiger partial charge in [0.05, 0.1) is 19.1 Å². The molecule has 0 aliphatic heterocycles. The number of aliphatic hydroxyl groups excluding tert-OH is 1. The molecule has 3 heterocycles. The molecular formula is C18H19N5O3. The molecule has 0 unspecified atom stereocenters. The number of rotatable bonds is 6. The molecule has 26 heavy (non-hydrogen) atoms. The van der Waals surface area contributed by atoms with Gasteiger partial charge in [-0.05, 0) is 42.7 Å². The van der Waals surface area contributed by atoms with Gasteiger partial charge in [0.15, 0.2) is 11.2 Å². The highest BCUT2D eigenvalue weighted by Gasteiger charge is 2.14. The Bertz CT molecular complexity index is 1110. The fraction of sp³-hybridized carbons (Fsp3) is 0.278. The molecule has 0 atom stereocenters. The maximum Gasteiger partial charge on any atom is 0.287 e. The highest BCUT2D eigenvalue weighted by molar-refractivity contribution is 5.73. The minimum Gasteiger partial charge on any atom is -0.497 e. The van der Waals surface area contributed by atoms with Gasteiger partial charge >= 0.3 is 0 Å². The lowest BCUT2D eigenvalue weighted by atomic mass is 10.2. The standard InChI is InChI=1S/C18H19N5O3/c1-26-13-6-4-12(5-7-13)14-10-23-17(25)15-16(21-18(23)20-14)22(11-19-15)8-2-3-9-24/h4-7,10-11,24H,2-3,8-9H2,1H3,(H,20,21). The lowest BCUT2D eigenvalue weighted by Crippen LogP contribution is -2.14. The molecule has 0 saturated heterocycles. The van der Waals surface area contributed by atoms with E-state index in [2.05, 4.69) is 15.0 Å². The Labute approximate surface area is 148 Å². The van der Waals surface area contributed by atoms with Crippen molar-refractivity contribution in [2.75, 3.05) is 13.7 Å². The molecule has 1 aromatic carbocycles. The van der Waals surface area contributed by atoms with Crippen molar-refractivity contribution in [1.29, 1.82) is 0 Å². The third-order valence-electron chi connectivity index (χ3n) is 4.38. The third-order valence-corrected chi connectivity index (χ3v) is 4.38. The summed E-state index contributed by atoms with van der Waals surface area (Å²) in [5.41, 5.74) is 2.40. The SMILES string of the molecule is COc1ccc(-c2cn3c(=O)c4ncn(CCCCO)c4nc3[nH]2)cc1. The lowest BCUT2D eigenvalue weighted by molar-refractivity contribution is 0.281. The van der Waals surface area contributed by atoms with Crippen molar-refractivity contribution >= 4 is 16.9 Å². The molecule has 0 aliphatic rings. The summed E-state index contributed by atoms with van der Waals surface area (Å²) in [4.78, 5) is 24.7. The number of unbranched alkanes of at least 4 members (excludes halogenated alkanes) is 1. The number of benzene rings is 1. The molecule has 0 fully saturated rings. The van der Waals surface area contributed by atoms with Crippen LogP contribution in [0.5, 0.6) is 5.75 Å². The first-order chi connectivity index (χ1) is 12.7. The summed E-state index contributed by atoms with van der Waals surface area (Å²) in [7, 11) is 1.62. The second-order valence-corrected chi connectivity index (χ2v) is 6.05. The van der Waals surface area contributed by atoms with Crippen molar-refractivity contribution in [3.8, 4) is 17.0 Å². The predicted octanol–water partition coefficient (Wildman–Crippen LogP) is 1.82. The molecule has 0 amide bonds. The molecule has 3 aromatic heterocycles. The van der Waals surface area contributed by atoms with Gasteiger partial charge in [-0.15, -0.1) is 0 Å². The van der Waals surface area contributed by atoms with Crippen LogP contribution in [-0.2, 0) is 6.54 Å². The molecule has 8 heteroatoms. The summed E-state index contributed by atoms with van der Waals surface area (Å²) >= 11 is 0. The van der Waals surface area contributed by atoms with Crippen molar-refractivity contribution < 1.29 is 9.84 Å². The van der Waals surface area contributed by atoms with Crippen LogP contribution in [0.1, 0.15) is 12.8 Å². The van der Waals surface area contributed by atoms with Crippen LogP contribution in [0.15, 0.2) is 41.6 Å². The zero-order chi connectivity index (χ0) is 18.1. The maximum absolute atomic E-state index is 12.7. The number of imidazole rings is 2. The van der Waals surface area contributed by atoms with Gasteiger partial charge in [0.1, 0.15) is 5.75 Å². The maximum atomic E-state index is 12.7. The third kappa shape index (κ3) is 2.74. The van der Waals surface area contributed by atoms with Crippen molar-refractivity contribution in [1.82, 2.24) is 23.9 Å². The fourth-order valence-electron chi connectivity index (χ4n) is 2.97. The van der Waals surface area contributed by atoms with E-state index in [-0.39, 0.29) is 12.2 Å². The Morgan fingerprint density at radius 3 is 2.77 bits per heavy atom. The van der Waals surface area contributed by atoms with Gasteiger partial charge in [0, 0.05) is 19.3 Å². The van der Waals surface area contributed by atoms with E-state index in [1.165, 1.54) is 4.40 Å². The molecule has 2 N–H and O–H groups in total. The van der Waals surface area contributed by atoms with Crippen LogP contribution in [0.3, 0.4) is 0 Å². The number of aromatic nitrogens is 5. The molecule has 0 radical (unpaired) electrons. The number of fused-ring (bicyclic) bond motifs is 2. The second-order valence-electron chi connectivity index (χ2n) is 6.05. The summed E-state index contributed by atoms with van der Waals surface area (Å²) in [6.45, 7) is 0.806. The zero-order valence-electron chi connectivity index (χ0n) is 14.3. The molecular weight excluding hydrogens is 334 g/mol. The van der Waals surface area contributed by atoms with E-state index >= 15 is 0 Å². The molecule has 4 rings (SSSR count). The summed E-state index contributed by atoms with van der Waals surface area (Å²) in [6.07, 6.45) is 4.85. The zero-order valence-corrected chi connectivity index (χ0v) is 14.3. The largest absolute Gasteiger partial charge is 0.497 e. The molecule has 0 bridgehead atoms. The van der Waals surface area contributed by atoms with E-state index in [9.17, 15) is 4.79 Å². The summed E-state index contributed by atoms with van der Waals surface area (Å²) in [5, 5.41) is 8.93. The summed E-state index contributed by atoms with van der Waals surface area (Å²) in [5.74, 6) is 1.24. The van der Waals surface area contributed by atoms with Crippen LogP contribution in [0.25, 0.3) is 28.2 Å². The number of nitrogens with one attached hydrogen (secondary N) is 1. The van der Waals surface area contributed by atoms with Crippen LogP contribution in [0, 0.1) is 0 Å². The molecule has 8 nitrogen and oxygen atoms in total. The Hall–Kier alpha value is -3.13. The highest BCUT2D eigenvalue weighted by atomic mass is 16.5. The molecule has 0 aliphatic carbocycles.